The molecule has 2 heterocycles. The summed E-state index contributed by atoms with van der Waals surface area (Å²) < 4.78 is 41.4. The highest BCUT2D eigenvalue weighted by molar-refractivity contribution is 7.89. The number of nitrogens with zero attached hydrogens (tertiary/aromatic N) is 3. The zero-order valence-electron chi connectivity index (χ0n) is 15.1. The van der Waals surface area contributed by atoms with Crippen molar-refractivity contribution in [1.29, 1.82) is 5.26 Å². The summed E-state index contributed by atoms with van der Waals surface area (Å²) in [6.07, 6.45) is 0.894. The van der Waals surface area contributed by atoms with Gasteiger partial charge < -0.3 is 0 Å². The summed E-state index contributed by atoms with van der Waals surface area (Å²) in [6, 6.07) is 6.70. The van der Waals surface area contributed by atoms with Crippen LogP contribution in [-0.2, 0) is 16.4 Å². The van der Waals surface area contributed by atoms with Crippen LogP contribution in [0.5, 0.6) is 0 Å². The van der Waals surface area contributed by atoms with Gasteiger partial charge in [-0.25, -0.2) is 12.8 Å². The number of hydrogen-bond donors (Lipinski definition) is 1. The number of halogens is 2. The van der Waals surface area contributed by atoms with Crippen molar-refractivity contribution in [3.8, 4) is 6.07 Å². The highest BCUT2D eigenvalue weighted by atomic mass is 35.5. The molecule has 0 amide bonds. The summed E-state index contributed by atoms with van der Waals surface area (Å²) in [6.45, 7) is 3.72. The lowest BCUT2D eigenvalue weighted by atomic mass is 9.75. The number of benzene rings is 1. The van der Waals surface area contributed by atoms with Crippen LogP contribution in [0.2, 0.25) is 5.02 Å². The predicted octanol–water partition coefficient (Wildman–Crippen LogP) is 3.36. The van der Waals surface area contributed by atoms with Crippen LogP contribution in [0.3, 0.4) is 0 Å². The molecule has 0 saturated carbocycles. The van der Waals surface area contributed by atoms with Crippen molar-refractivity contribution in [3.63, 3.8) is 0 Å². The highest BCUT2D eigenvalue weighted by Gasteiger charge is 2.40. The van der Waals surface area contributed by atoms with Crippen LogP contribution in [0, 0.1) is 36.4 Å². The normalized spacial score (nSPS) is 17.6. The van der Waals surface area contributed by atoms with E-state index in [2.05, 4.69) is 16.3 Å². The number of sulfonamides is 1. The molecule has 1 saturated heterocycles. The molecule has 6 nitrogen and oxygen atoms in total. The summed E-state index contributed by atoms with van der Waals surface area (Å²) >= 11 is 5.79. The first-order chi connectivity index (χ1) is 12.7. The fourth-order valence-corrected chi connectivity index (χ4v) is 5.49. The van der Waals surface area contributed by atoms with Crippen LogP contribution in [0.25, 0.3) is 0 Å². The van der Waals surface area contributed by atoms with E-state index in [9.17, 15) is 18.1 Å². The number of aromatic nitrogens is 2. The molecule has 1 N–H and O–H groups in total. The van der Waals surface area contributed by atoms with E-state index in [-0.39, 0.29) is 24.4 Å². The van der Waals surface area contributed by atoms with E-state index in [1.165, 1.54) is 10.4 Å². The maximum Gasteiger partial charge on any atom is 0.246 e. The van der Waals surface area contributed by atoms with Gasteiger partial charge in [0.05, 0.1) is 22.9 Å². The van der Waals surface area contributed by atoms with E-state index in [0.717, 1.165) is 0 Å². The number of hydrogen-bond acceptors (Lipinski definition) is 4. The van der Waals surface area contributed by atoms with E-state index in [1.54, 1.807) is 26.0 Å². The summed E-state index contributed by atoms with van der Waals surface area (Å²) in [7, 11) is -3.69. The van der Waals surface area contributed by atoms with Crippen LogP contribution in [-0.4, -0.2) is 36.0 Å². The first kappa shape index (κ1) is 19.8. The van der Waals surface area contributed by atoms with Gasteiger partial charge in [-0.05, 0) is 50.8 Å². The van der Waals surface area contributed by atoms with Gasteiger partial charge in [0, 0.05) is 18.1 Å². The van der Waals surface area contributed by atoms with Crippen molar-refractivity contribution in [2.75, 3.05) is 13.1 Å². The Hall–Kier alpha value is -1.95. The van der Waals surface area contributed by atoms with Crippen LogP contribution >= 0.6 is 11.6 Å². The first-order valence-electron chi connectivity index (χ1n) is 8.55. The number of H-pyrrole nitrogens is 1. The van der Waals surface area contributed by atoms with E-state index >= 15 is 0 Å². The standard InChI is InChI=1S/C18H20ClFN4O2S/c1-12-17(13(2)23-22-12)27(25,26)24-7-5-18(11-21,6-8-24)10-14-3-4-15(19)9-16(14)20/h3-4,9H,5-8,10H2,1-2H3,(H,22,23). The van der Waals surface area contributed by atoms with Crippen molar-refractivity contribution < 1.29 is 12.8 Å². The Morgan fingerprint density at radius 1 is 1.37 bits per heavy atom. The third-order valence-corrected chi connectivity index (χ3v) is 7.52. The predicted molar refractivity (Wildman–Crippen MR) is 99.2 cm³/mol. The molecule has 1 aliphatic rings. The van der Waals surface area contributed by atoms with Crippen molar-refractivity contribution in [3.05, 3.63) is 46.0 Å². The van der Waals surface area contributed by atoms with Gasteiger partial charge in [-0.3, -0.25) is 5.10 Å². The van der Waals surface area contributed by atoms with Gasteiger partial charge in [0.25, 0.3) is 0 Å². The molecule has 0 bridgehead atoms. The number of nitrogens with one attached hydrogen (secondary N) is 1. The second kappa shape index (κ2) is 7.23. The molecule has 144 valence electrons. The van der Waals surface area contributed by atoms with Gasteiger partial charge >= 0.3 is 0 Å². The molecule has 1 fully saturated rings. The Bertz CT molecular complexity index is 985. The van der Waals surface area contributed by atoms with Gasteiger partial charge in [0.15, 0.2) is 0 Å². The third kappa shape index (κ3) is 3.72. The molecule has 2 aromatic rings. The van der Waals surface area contributed by atoms with E-state index in [1.807, 2.05) is 0 Å². The Balaban J connectivity index is 1.79. The average Bonchev–Trinajstić information content (AvgIpc) is 2.97. The fourth-order valence-electron chi connectivity index (χ4n) is 3.56. The van der Waals surface area contributed by atoms with Crippen LogP contribution in [0.15, 0.2) is 23.1 Å². The van der Waals surface area contributed by atoms with Gasteiger partial charge in [-0.1, -0.05) is 17.7 Å². The number of aryl methyl sites for hydroxylation is 2. The molecule has 1 aliphatic heterocycles. The Kier molecular flexibility index (Phi) is 5.30. The minimum Gasteiger partial charge on any atom is -0.281 e. The van der Waals surface area contributed by atoms with Crippen molar-refractivity contribution in [1.82, 2.24) is 14.5 Å². The van der Waals surface area contributed by atoms with Crippen LogP contribution < -0.4 is 0 Å². The molecule has 0 spiro atoms. The maximum atomic E-state index is 14.1. The third-order valence-electron chi connectivity index (χ3n) is 5.12. The lowest BCUT2D eigenvalue weighted by Crippen LogP contribution is -2.43. The molecule has 1 aromatic heterocycles. The molecule has 0 unspecified atom stereocenters. The summed E-state index contributed by atoms with van der Waals surface area (Å²) in [4.78, 5) is 0.190. The van der Waals surface area contributed by atoms with Crippen molar-refractivity contribution in [2.45, 2.75) is 38.0 Å². The summed E-state index contributed by atoms with van der Waals surface area (Å²) in [5, 5.41) is 16.7. The summed E-state index contributed by atoms with van der Waals surface area (Å²) in [5.41, 5.74) is 0.528. The molecule has 0 radical (unpaired) electrons. The van der Waals surface area contributed by atoms with Crippen LogP contribution in [0.4, 0.5) is 4.39 Å². The first-order valence-corrected chi connectivity index (χ1v) is 10.4. The topological polar surface area (TPSA) is 89.8 Å². The smallest absolute Gasteiger partial charge is 0.246 e. The van der Waals surface area contributed by atoms with Gasteiger partial charge in [0.1, 0.15) is 10.7 Å². The van der Waals surface area contributed by atoms with Crippen molar-refractivity contribution >= 4 is 21.6 Å². The minimum absolute atomic E-state index is 0.190. The monoisotopic (exact) mass is 410 g/mol. The number of rotatable bonds is 4. The minimum atomic E-state index is -3.69. The van der Waals surface area contributed by atoms with E-state index < -0.39 is 21.3 Å². The second-order valence-electron chi connectivity index (χ2n) is 6.97. The summed E-state index contributed by atoms with van der Waals surface area (Å²) in [5.74, 6) is -0.447. The average molecular weight is 411 g/mol. The number of piperidine rings is 1. The molecule has 9 heteroatoms. The van der Waals surface area contributed by atoms with E-state index in [0.29, 0.717) is 34.8 Å². The van der Waals surface area contributed by atoms with E-state index in [4.69, 9.17) is 11.6 Å². The molecular formula is C18H20ClFN4O2S. The fraction of sp³-hybridized carbons (Fsp3) is 0.444. The lowest BCUT2D eigenvalue weighted by molar-refractivity contribution is 0.210. The molecule has 27 heavy (non-hydrogen) atoms. The Labute approximate surface area is 163 Å². The SMILES string of the molecule is Cc1n[nH]c(C)c1S(=O)(=O)N1CCC(C#N)(Cc2ccc(Cl)cc2F)CC1. The maximum absolute atomic E-state index is 14.1. The zero-order valence-corrected chi connectivity index (χ0v) is 16.7. The lowest BCUT2D eigenvalue weighted by Gasteiger charge is -2.36. The molecule has 1 aromatic carbocycles. The second-order valence-corrected chi connectivity index (χ2v) is 9.28. The van der Waals surface area contributed by atoms with Gasteiger partial charge in [-0.2, -0.15) is 14.7 Å². The molecular weight excluding hydrogens is 391 g/mol. The molecule has 0 aliphatic carbocycles. The van der Waals surface area contributed by atoms with Gasteiger partial charge in [0.2, 0.25) is 10.0 Å². The van der Waals surface area contributed by atoms with Crippen molar-refractivity contribution in [2.24, 2.45) is 5.41 Å². The number of nitriles is 1. The van der Waals surface area contributed by atoms with Gasteiger partial charge in [-0.15, -0.1) is 0 Å². The Morgan fingerprint density at radius 3 is 2.56 bits per heavy atom. The zero-order chi connectivity index (χ0) is 19.8. The highest BCUT2D eigenvalue weighted by Crippen LogP contribution is 2.37. The Morgan fingerprint density at radius 2 is 2.04 bits per heavy atom. The number of aromatic amines is 1. The largest absolute Gasteiger partial charge is 0.281 e. The van der Waals surface area contributed by atoms with Crippen LogP contribution in [0.1, 0.15) is 29.8 Å². The molecule has 3 rings (SSSR count). The molecule has 0 atom stereocenters. The quantitative estimate of drug-likeness (QED) is 0.836.